The average Bonchev–Trinajstić information content (AvgIpc) is 2.85. The first-order valence-electron chi connectivity index (χ1n) is 10.7. The number of rotatable bonds is 10. The molecule has 1 atom stereocenters. The van der Waals surface area contributed by atoms with E-state index in [1.54, 1.807) is 66.7 Å². The number of carbonyl (C=O) groups is 2. The summed E-state index contributed by atoms with van der Waals surface area (Å²) in [6, 6.07) is 21.3. The van der Waals surface area contributed by atoms with E-state index in [0.29, 0.717) is 21.2 Å². The van der Waals surface area contributed by atoms with E-state index in [1.807, 2.05) is 0 Å². The Bertz CT molecular complexity index is 1360. The highest BCUT2D eigenvalue weighted by Gasteiger charge is 2.35. The number of hydrogen-bond acceptors (Lipinski definition) is 5. The van der Waals surface area contributed by atoms with Crippen LogP contribution in [0, 0.1) is 5.41 Å². The molecule has 3 aromatic carbocycles. The second kappa shape index (κ2) is 11.8. The average molecular weight is 508 g/mol. The molecule has 36 heavy (non-hydrogen) atoms. The molecular weight excluding hydrogens is 482 g/mol. The van der Waals surface area contributed by atoms with Gasteiger partial charge in [0.05, 0.1) is 0 Å². The second-order valence-electron chi connectivity index (χ2n) is 7.66. The molecule has 0 aliphatic rings. The number of carbonyl (C=O) groups excluding carboxylic acids is 1. The summed E-state index contributed by atoms with van der Waals surface area (Å²) in [5, 5.41) is 20.7. The molecule has 0 heterocycles. The number of hydrazine groups is 1. The predicted octanol–water partition coefficient (Wildman–Crippen LogP) is 2.64. The Balaban J connectivity index is 1.98. The fourth-order valence-electron chi connectivity index (χ4n) is 3.28. The minimum absolute atomic E-state index is 0.0253. The molecule has 3 rings (SSSR count). The highest BCUT2D eigenvalue weighted by molar-refractivity contribution is 7.92. The molecule has 0 aliphatic carbocycles. The van der Waals surface area contributed by atoms with Crippen LogP contribution in [-0.2, 0) is 21.2 Å². The van der Waals surface area contributed by atoms with Crippen molar-refractivity contribution < 1.29 is 23.1 Å². The molecule has 186 valence electrons. The maximum atomic E-state index is 13.3. The molecule has 0 aliphatic heterocycles. The molecule has 0 saturated heterocycles. The van der Waals surface area contributed by atoms with E-state index in [1.165, 1.54) is 24.3 Å². The van der Waals surface area contributed by atoms with E-state index < -0.39 is 27.9 Å². The van der Waals surface area contributed by atoms with Crippen molar-refractivity contribution >= 4 is 39.6 Å². The van der Waals surface area contributed by atoms with Gasteiger partial charge in [0.2, 0.25) is 0 Å². The Hall–Kier alpha value is -4.48. The van der Waals surface area contributed by atoms with Crippen molar-refractivity contribution in [3.05, 3.63) is 107 Å². The second-order valence-corrected chi connectivity index (χ2v) is 9.35. The maximum Gasteiger partial charge on any atom is 0.324 e. The van der Waals surface area contributed by atoms with E-state index in [4.69, 9.17) is 11.1 Å². The highest BCUT2D eigenvalue weighted by Crippen LogP contribution is 2.17. The smallest absolute Gasteiger partial charge is 0.324 e. The Morgan fingerprint density at radius 2 is 1.64 bits per heavy atom. The fourth-order valence-corrected chi connectivity index (χ4v) is 4.47. The van der Waals surface area contributed by atoms with E-state index in [2.05, 4.69) is 10.7 Å². The van der Waals surface area contributed by atoms with Gasteiger partial charge in [-0.3, -0.25) is 20.4 Å². The zero-order valence-corrected chi connectivity index (χ0v) is 19.9. The van der Waals surface area contributed by atoms with E-state index >= 15 is 0 Å². The standard InChI is InChI=1S/C25H25N5O5S/c26-25(27)28-21-13-7-12-20(17-21)23(31)29-30(22(24(32)33)16-19-10-5-2-6-11-19)36(34,35)15-14-18-8-3-1-4-9-18/h1-15,17,22H,16H2,(H,29,31)(H,32,33)(H4,26,27,28)/b15-14+. The summed E-state index contributed by atoms with van der Waals surface area (Å²) >= 11 is 0. The summed E-state index contributed by atoms with van der Waals surface area (Å²) in [5.74, 6) is -2.65. The number of aliphatic carboxylic acids is 1. The maximum absolute atomic E-state index is 13.3. The number of anilines is 1. The van der Waals surface area contributed by atoms with Crippen LogP contribution in [0.4, 0.5) is 5.69 Å². The SMILES string of the molecule is N=C(N)Nc1cccc(C(=O)NN(C(Cc2ccccc2)C(=O)O)S(=O)(=O)/C=C/c2ccccc2)c1. The van der Waals surface area contributed by atoms with Crippen molar-refractivity contribution in [1.29, 1.82) is 5.41 Å². The first-order chi connectivity index (χ1) is 17.2. The van der Waals surface area contributed by atoms with Gasteiger partial charge in [-0.05, 0) is 35.4 Å². The summed E-state index contributed by atoms with van der Waals surface area (Å²) in [7, 11) is -4.45. The molecular formula is C25H25N5O5S. The van der Waals surface area contributed by atoms with Crippen molar-refractivity contribution in [2.75, 3.05) is 5.32 Å². The third-order valence-electron chi connectivity index (χ3n) is 4.96. The van der Waals surface area contributed by atoms with E-state index in [0.717, 1.165) is 5.41 Å². The molecule has 0 bridgehead atoms. The Morgan fingerprint density at radius 1 is 1.00 bits per heavy atom. The summed E-state index contributed by atoms with van der Waals surface area (Å²) in [6.45, 7) is 0. The van der Waals surface area contributed by atoms with Crippen LogP contribution in [0.1, 0.15) is 21.5 Å². The molecule has 0 saturated carbocycles. The van der Waals surface area contributed by atoms with Crippen LogP contribution < -0.4 is 16.5 Å². The number of benzene rings is 3. The molecule has 0 radical (unpaired) electrons. The Morgan fingerprint density at radius 3 is 2.25 bits per heavy atom. The lowest BCUT2D eigenvalue weighted by atomic mass is 10.1. The summed E-state index contributed by atoms with van der Waals surface area (Å²) in [5.41, 5.74) is 9.08. The van der Waals surface area contributed by atoms with Crippen molar-refractivity contribution in [3.8, 4) is 0 Å². The Kier molecular flexibility index (Phi) is 8.55. The van der Waals surface area contributed by atoms with Gasteiger partial charge >= 0.3 is 5.97 Å². The lowest BCUT2D eigenvalue weighted by molar-refractivity contribution is -0.142. The minimum atomic E-state index is -4.45. The third kappa shape index (κ3) is 7.26. The molecule has 11 heteroatoms. The molecule has 1 amide bonds. The molecule has 6 N–H and O–H groups in total. The van der Waals surface area contributed by atoms with Crippen LogP contribution in [0.5, 0.6) is 0 Å². The zero-order chi connectivity index (χ0) is 26.1. The molecule has 10 nitrogen and oxygen atoms in total. The van der Waals surface area contributed by atoms with Gasteiger partial charge in [-0.15, -0.1) is 0 Å². The van der Waals surface area contributed by atoms with Crippen molar-refractivity contribution in [1.82, 2.24) is 9.84 Å². The normalized spacial score (nSPS) is 12.2. The fraction of sp³-hybridized carbons (Fsp3) is 0.0800. The van der Waals surface area contributed by atoms with Crippen LogP contribution in [0.2, 0.25) is 0 Å². The highest BCUT2D eigenvalue weighted by atomic mass is 32.2. The zero-order valence-electron chi connectivity index (χ0n) is 19.0. The van der Waals surface area contributed by atoms with E-state index in [9.17, 15) is 23.1 Å². The number of nitrogens with one attached hydrogen (secondary N) is 3. The van der Waals surface area contributed by atoms with Crippen molar-refractivity contribution in [2.24, 2.45) is 5.73 Å². The summed E-state index contributed by atoms with van der Waals surface area (Å²) in [4.78, 5) is 25.3. The summed E-state index contributed by atoms with van der Waals surface area (Å²) < 4.78 is 27.1. The van der Waals surface area contributed by atoms with Gasteiger partial charge in [-0.25, -0.2) is 8.42 Å². The van der Waals surface area contributed by atoms with Gasteiger partial charge in [-0.1, -0.05) is 71.1 Å². The van der Waals surface area contributed by atoms with Gasteiger partial charge in [0, 0.05) is 23.1 Å². The topological polar surface area (TPSA) is 166 Å². The third-order valence-corrected chi connectivity index (χ3v) is 6.34. The lowest BCUT2D eigenvalue weighted by Gasteiger charge is -2.27. The van der Waals surface area contributed by atoms with Crippen LogP contribution in [-0.4, -0.2) is 41.8 Å². The van der Waals surface area contributed by atoms with Gasteiger partial charge in [0.1, 0.15) is 6.04 Å². The van der Waals surface area contributed by atoms with Crippen molar-refractivity contribution in [3.63, 3.8) is 0 Å². The lowest BCUT2D eigenvalue weighted by Crippen LogP contribution is -2.55. The number of guanidine groups is 1. The Labute approximate surface area is 208 Å². The molecule has 0 aromatic heterocycles. The number of amides is 1. The van der Waals surface area contributed by atoms with Gasteiger partial charge < -0.3 is 16.2 Å². The van der Waals surface area contributed by atoms with Crippen molar-refractivity contribution in [2.45, 2.75) is 12.5 Å². The minimum Gasteiger partial charge on any atom is -0.480 e. The van der Waals surface area contributed by atoms with E-state index in [-0.39, 0.29) is 17.9 Å². The van der Waals surface area contributed by atoms with Gasteiger partial charge in [0.25, 0.3) is 15.9 Å². The molecule has 3 aromatic rings. The van der Waals surface area contributed by atoms with Gasteiger partial charge in [0.15, 0.2) is 5.96 Å². The molecule has 1 unspecified atom stereocenters. The van der Waals surface area contributed by atoms with Crippen LogP contribution in [0.3, 0.4) is 0 Å². The number of carboxylic acids is 1. The number of nitrogens with two attached hydrogens (primary N) is 1. The van der Waals surface area contributed by atoms with Crippen LogP contribution in [0.25, 0.3) is 6.08 Å². The quantitative estimate of drug-likeness (QED) is 0.160. The van der Waals surface area contributed by atoms with Gasteiger partial charge in [-0.2, -0.15) is 0 Å². The number of nitrogens with zero attached hydrogens (tertiary/aromatic N) is 1. The number of hydrogen-bond donors (Lipinski definition) is 5. The largest absolute Gasteiger partial charge is 0.480 e. The first-order valence-corrected chi connectivity index (χ1v) is 12.2. The van der Waals surface area contributed by atoms with Crippen LogP contribution >= 0.6 is 0 Å². The first kappa shape index (κ1) is 26.1. The number of carboxylic acid groups (broad SMARTS) is 1. The van der Waals surface area contributed by atoms with Crippen LogP contribution in [0.15, 0.2) is 90.3 Å². The number of sulfonamides is 1. The monoisotopic (exact) mass is 507 g/mol. The molecule has 0 spiro atoms. The summed E-state index contributed by atoms with van der Waals surface area (Å²) in [6.07, 6.45) is 1.12. The predicted molar refractivity (Wildman–Crippen MR) is 137 cm³/mol. The molecule has 0 fully saturated rings.